The van der Waals surface area contributed by atoms with E-state index >= 15 is 0 Å². The van der Waals surface area contributed by atoms with Gasteiger partial charge in [-0.15, -0.1) is 0 Å². The van der Waals surface area contributed by atoms with Crippen molar-refractivity contribution in [2.75, 3.05) is 13.2 Å². The quantitative estimate of drug-likeness (QED) is 0.0385. The van der Waals surface area contributed by atoms with E-state index in [1.165, 1.54) is 103 Å². The molecule has 0 aromatic rings. The minimum absolute atomic E-state index is 0.0668. The molecule has 0 aromatic carbocycles. The molecule has 0 fully saturated rings. The van der Waals surface area contributed by atoms with Gasteiger partial charge in [0, 0.05) is 19.3 Å². The van der Waals surface area contributed by atoms with Crippen LogP contribution in [0.5, 0.6) is 0 Å². The van der Waals surface area contributed by atoms with Crippen molar-refractivity contribution in [2.45, 2.75) is 220 Å². The van der Waals surface area contributed by atoms with E-state index in [2.05, 4.69) is 27.7 Å². The van der Waals surface area contributed by atoms with Crippen LogP contribution in [0.2, 0.25) is 0 Å². The molecular weight excluding hydrogens is 576 g/mol. The second-order valence-corrected chi connectivity index (χ2v) is 14.0. The van der Waals surface area contributed by atoms with Gasteiger partial charge in [0.25, 0.3) is 0 Å². The van der Waals surface area contributed by atoms with E-state index in [4.69, 9.17) is 14.2 Å². The Bertz CT molecular complexity index is 691. The van der Waals surface area contributed by atoms with E-state index in [9.17, 15) is 14.4 Å². The average molecular weight is 653 g/mol. The summed E-state index contributed by atoms with van der Waals surface area (Å²) in [6, 6.07) is 0. The molecule has 0 saturated carbocycles. The number of ether oxygens (including phenoxy) is 3. The zero-order valence-corrected chi connectivity index (χ0v) is 31.0. The molecular formula is C40H76O6. The van der Waals surface area contributed by atoms with Crippen molar-refractivity contribution in [3.8, 4) is 0 Å². The first-order valence-electron chi connectivity index (χ1n) is 19.9. The summed E-state index contributed by atoms with van der Waals surface area (Å²) in [7, 11) is 0. The Morgan fingerprint density at radius 2 is 0.717 bits per heavy atom. The summed E-state index contributed by atoms with van der Waals surface area (Å²) in [6.07, 6.45) is 31.3. The van der Waals surface area contributed by atoms with Crippen molar-refractivity contribution >= 4 is 17.9 Å². The van der Waals surface area contributed by atoms with Crippen LogP contribution < -0.4 is 0 Å². The molecule has 0 aliphatic heterocycles. The molecule has 0 rings (SSSR count). The van der Waals surface area contributed by atoms with Crippen LogP contribution in [0.15, 0.2) is 0 Å². The first-order chi connectivity index (χ1) is 22.4. The van der Waals surface area contributed by atoms with Crippen LogP contribution >= 0.6 is 0 Å². The van der Waals surface area contributed by atoms with Gasteiger partial charge in [0.1, 0.15) is 13.2 Å². The molecule has 0 N–H and O–H groups in total. The van der Waals surface area contributed by atoms with Crippen molar-refractivity contribution < 1.29 is 28.6 Å². The van der Waals surface area contributed by atoms with Gasteiger partial charge in [0.15, 0.2) is 6.10 Å². The highest BCUT2D eigenvalue weighted by molar-refractivity contribution is 5.71. The highest BCUT2D eigenvalue weighted by atomic mass is 16.6. The van der Waals surface area contributed by atoms with Crippen LogP contribution in [0.4, 0.5) is 0 Å². The first-order valence-corrected chi connectivity index (χ1v) is 19.9. The lowest BCUT2D eigenvalue weighted by atomic mass is 10.0. The molecule has 0 amide bonds. The minimum Gasteiger partial charge on any atom is -0.462 e. The van der Waals surface area contributed by atoms with Gasteiger partial charge in [-0.05, 0) is 25.2 Å². The molecule has 0 spiro atoms. The molecule has 0 aromatic heterocycles. The Balaban J connectivity index is 4.18. The number of unbranched alkanes of at least 4 members (excludes halogenated alkanes) is 22. The molecule has 0 bridgehead atoms. The van der Waals surface area contributed by atoms with Crippen molar-refractivity contribution in [3.63, 3.8) is 0 Å². The van der Waals surface area contributed by atoms with Crippen LogP contribution in [0.1, 0.15) is 214 Å². The van der Waals surface area contributed by atoms with Gasteiger partial charge < -0.3 is 14.2 Å². The van der Waals surface area contributed by atoms with Gasteiger partial charge in [-0.1, -0.05) is 175 Å². The van der Waals surface area contributed by atoms with Crippen molar-refractivity contribution in [1.29, 1.82) is 0 Å². The number of rotatable bonds is 35. The van der Waals surface area contributed by atoms with Gasteiger partial charge in [0.2, 0.25) is 0 Å². The normalized spacial score (nSPS) is 11.9. The van der Waals surface area contributed by atoms with Gasteiger partial charge in [0.05, 0.1) is 0 Å². The Hall–Kier alpha value is -1.59. The fourth-order valence-electron chi connectivity index (χ4n) is 5.74. The zero-order chi connectivity index (χ0) is 33.9. The van der Waals surface area contributed by atoms with Crippen LogP contribution in [0, 0.1) is 5.92 Å². The monoisotopic (exact) mass is 653 g/mol. The standard InChI is InChI=1S/C40H76O6/c1-5-7-9-11-12-13-14-15-16-17-18-19-24-27-31-38(41)44-34-37(46-40(43)33-29-22-10-8-6-2)35-45-39(42)32-28-25-21-20-23-26-30-36(3)4/h36-37H,5-35H2,1-4H3/t37-/m1/s1. The SMILES string of the molecule is CCCCCCCCCCCCCCCCC(=O)OC[C@H](COC(=O)CCCCCCCCC(C)C)OC(=O)CCCCCCC. The molecule has 0 aliphatic rings. The van der Waals surface area contributed by atoms with Crippen LogP contribution in [-0.2, 0) is 28.6 Å². The molecule has 6 heteroatoms. The molecule has 272 valence electrons. The Morgan fingerprint density at radius 3 is 1.07 bits per heavy atom. The lowest BCUT2D eigenvalue weighted by Crippen LogP contribution is -2.30. The van der Waals surface area contributed by atoms with E-state index in [-0.39, 0.29) is 31.1 Å². The smallest absolute Gasteiger partial charge is 0.306 e. The minimum atomic E-state index is -0.756. The van der Waals surface area contributed by atoms with E-state index in [0.29, 0.717) is 19.3 Å². The number of esters is 3. The lowest BCUT2D eigenvalue weighted by Gasteiger charge is -2.18. The molecule has 0 saturated heterocycles. The van der Waals surface area contributed by atoms with Crippen molar-refractivity contribution in [3.05, 3.63) is 0 Å². The molecule has 0 radical (unpaired) electrons. The molecule has 0 heterocycles. The third-order valence-corrected chi connectivity index (χ3v) is 8.79. The lowest BCUT2D eigenvalue weighted by molar-refractivity contribution is -0.167. The maximum atomic E-state index is 12.4. The van der Waals surface area contributed by atoms with Crippen LogP contribution in [0.25, 0.3) is 0 Å². The van der Waals surface area contributed by atoms with Crippen LogP contribution in [-0.4, -0.2) is 37.2 Å². The van der Waals surface area contributed by atoms with E-state index in [0.717, 1.165) is 70.1 Å². The summed E-state index contributed by atoms with van der Waals surface area (Å²) in [4.78, 5) is 37.2. The highest BCUT2D eigenvalue weighted by Crippen LogP contribution is 2.15. The second-order valence-electron chi connectivity index (χ2n) is 14.0. The Morgan fingerprint density at radius 1 is 0.413 bits per heavy atom. The Labute approximate surface area is 285 Å². The summed E-state index contributed by atoms with van der Waals surface area (Å²) in [5.74, 6) is -0.118. The van der Waals surface area contributed by atoms with Crippen LogP contribution in [0.3, 0.4) is 0 Å². The number of carbonyl (C=O) groups excluding carboxylic acids is 3. The summed E-state index contributed by atoms with van der Waals surface area (Å²) in [6.45, 7) is 8.82. The fraction of sp³-hybridized carbons (Fsp3) is 0.925. The van der Waals surface area contributed by atoms with E-state index in [1.54, 1.807) is 0 Å². The average Bonchev–Trinajstić information content (AvgIpc) is 3.03. The van der Waals surface area contributed by atoms with E-state index in [1.807, 2.05) is 0 Å². The maximum absolute atomic E-state index is 12.4. The number of carbonyl (C=O) groups is 3. The summed E-state index contributed by atoms with van der Waals surface area (Å²) < 4.78 is 16.5. The van der Waals surface area contributed by atoms with Gasteiger partial charge >= 0.3 is 17.9 Å². The molecule has 6 nitrogen and oxygen atoms in total. The van der Waals surface area contributed by atoms with Crippen molar-refractivity contribution in [1.82, 2.24) is 0 Å². The summed E-state index contributed by atoms with van der Waals surface area (Å²) >= 11 is 0. The highest BCUT2D eigenvalue weighted by Gasteiger charge is 2.19. The first kappa shape index (κ1) is 44.4. The van der Waals surface area contributed by atoms with E-state index < -0.39 is 6.10 Å². The maximum Gasteiger partial charge on any atom is 0.306 e. The Kier molecular flexibility index (Phi) is 33.5. The number of hydrogen-bond donors (Lipinski definition) is 0. The van der Waals surface area contributed by atoms with Gasteiger partial charge in [-0.25, -0.2) is 0 Å². The molecule has 1 atom stereocenters. The largest absolute Gasteiger partial charge is 0.462 e. The third kappa shape index (κ3) is 33.8. The number of hydrogen-bond acceptors (Lipinski definition) is 6. The summed E-state index contributed by atoms with van der Waals surface area (Å²) in [5.41, 5.74) is 0. The summed E-state index contributed by atoms with van der Waals surface area (Å²) in [5, 5.41) is 0. The van der Waals surface area contributed by atoms with Crippen molar-refractivity contribution in [2.24, 2.45) is 5.92 Å². The van der Waals surface area contributed by atoms with Gasteiger partial charge in [-0.2, -0.15) is 0 Å². The predicted octanol–water partition coefficient (Wildman–Crippen LogP) is 12.0. The molecule has 0 aliphatic carbocycles. The predicted molar refractivity (Wildman–Crippen MR) is 192 cm³/mol. The zero-order valence-electron chi connectivity index (χ0n) is 31.0. The molecule has 0 unspecified atom stereocenters. The second kappa shape index (κ2) is 34.7. The fourth-order valence-corrected chi connectivity index (χ4v) is 5.74. The topological polar surface area (TPSA) is 78.9 Å². The van der Waals surface area contributed by atoms with Gasteiger partial charge in [-0.3, -0.25) is 14.4 Å². The molecule has 46 heavy (non-hydrogen) atoms. The third-order valence-electron chi connectivity index (χ3n) is 8.79.